The van der Waals surface area contributed by atoms with Crippen LogP contribution in [0.2, 0.25) is 0 Å². The molecular weight excluding hydrogens is 453 g/mol. The summed E-state index contributed by atoms with van der Waals surface area (Å²) in [6.45, 7) is 3.70. The summed E-state index contributed by atoms with van der Waals surface area (Å²) in [5.41, 5.74) is 0.297. The molecule has 0 spiro atoms. The second-order valence-corrected chi connectivity index (χ2v) is 7.05. The minimum absolute atomic E-state index is 0.0227. The van der Waals surface area contributed by atoms with Crippen molar-refractivity contribution in [2.45, 2.75) is 20.0 Å². The lowest BCUT2D eigenvalue weighted by Crippen LogP contribution is -2.21. The van der Waals surface area contributed by atoms with Gasteiger partial charge >= 0.3 is 6.18 Å². The number of hydrogen-bond donors (Lipinski definition) is 1. The zero-order valence-corrected chi connectivity index (χ0v) is 17.0. The number of hydrazone groups is 1. The van der Waals surface area contributed by atoms with E-state index in [9.17, 15) is 23.1 Å². The zero-order chi connectivity index (χ0) is 21.3. The maximum atomic E-state index is 13.0. The first kappa shape index (κ1) is 20.9. The van der Waals surface area contributed by atoms with E-state index in [-0.39, 0.29) is 22.8 Å². The molecule has 0 fully saturated rings. The molecule has 152 valence electrons. The third-order valence-corrected chi connectivity index (χ3v) is 4.75. The predicted molar refractivity (Wildman–Crippen MR) is 107 cm³/mol. The molecule has 5 nitrogen and oxygen atoms in total. The van der Waals surface area contributed by atoms with Gasteiger partial charge in [0.25, 0.3) is 5.91 Å². The molecule has 2 aromatic carbocycles. The van der Waals surface area contributed by atoms with Crippen molar-refractivity contribution < 1.29 is 27.8 Å². The molecule has 1 heterocycles. The number of anilines is 1. The van der Waals surface area contributed by atoms with Crippen molar-refractivity contribution in [2.75, 3.05) is 11.6 Å². The van der Waals surface area contributed by atoms with Crippen LogP contribution in [0.3, 0.4) is 0 Å². The highest BCUT2D eigenvalue weighted by atomic mass is 79.9. The highest BCUT2D eigenvalue weighted by Gasteiger charge is 2.33. The van der Waals surface area contributed by atoms with E-state index < -0.39 is 17.6 Å². The van der Waals surface area contributed by atoms with Gasteiger partial charge in [-0.15, -0.1) is 0 Å². The highest BCUT2D eigenvalue weighted by Crippen LogP contribution is 2.37. The van der Waals surface area contributed by atoms with E-state index in [2.05, 4.69) is 21.0 Å². The Labute approximate surface area is 173 Å². The number of benzene rings is 2. The lowest BCUT2D eigenvalue weighted by Gasteiger charge is -2.14. The minimum atomic E-state index is -4.52. The smallest absolute Gasteiger partial charge is 0.416 e. The Kier molecular flexibility index (Phi) is 5.70. The molecular formula is C20H16BrF3N2O3. The number of amides is 1. The lowest BCUT2D eigenvalue weighted by atomic mass is 10.1. The molecule has 1 aliphatic rings. The van der Waals surface area contributed by atoms with Crippen molar-refractivity contribution in [3.63, 3.8) is 0 Å². The van der Waals surface area contributed by atoms with Crippen molar-refractivity contribution in [3.05, 3.63) is 57.6 Å². The van der Waals surface area contributed by atoms with Gasteiger partial charge < -0.3 is 9.84 Å². The van der Waals surface area contributed by atoms with Gasteiger partial charge in [0.2, 0.25) is 0 Å². The molecule has 0 saturated carbocycles. The average molecular weight is 469 g/mol. The monoisotopic (exact) mass is 468 g/mol. The maximum absolute atomic E-state index is 13.0. The number of ether oxygens (including phenoxy) is 1. The number of phenolic OH excluding ortho intramolecular Hbond substituents is 1. The van der Waals surface area contributed by atoms with Crippen LogP contribution in [0.15, 0.2) is 51.5 Å². The van der Waals surface area contributed by atoms with Crippen LogP contribution < -0.4 is 9.75 Å². The largest absolute Gasteiger partial charge is 0.503 e. The summed E-state index contributed by atoms with van der Waals surface area (Å²) in [4.78, 5) is 12.8. The summed E-state index contributed by atoms with van der Waals surface area (Å²) in [5, 5.41) is 15.1. The summed E-state index contributed by atoms with van der Waals surface area (Å²) in [6.07, 6.45) is -2.98. The Bertz CT molecular complexity index is 1030. The van der Waals surface area contributed by atoms with Gasteiger partial charge in [-0.2, -0.15) is 23.3 Å². The average Bonchev–Trinajstić information content (AvgIpc) is 2.93. The van der Waals surface area contributed by atoms with Gasteiger partial charge in [0.05, 0.1) is 33.6 Å². The first-order valence-corrected chi connectivity index (χ1v) is 9.35. The van der Waals surface area contributed by atoms with E-state index in [1.165, 1.54) is 12.1 Å². The van der Waals surface area contributed by atoms with Crippen molar-refractivity contribution >= 4 is 39.3 Å². The Morgan fingerprint density at radius 1 is 1.28 bits per heavy atom. The summed E-state index contributed by atoms with van der Waals surface area (Å²) >= 11 is 3.23. The van der Waals surface area contributed by atoms with Crippen LogP contribution in [0.1, 0.15) is 25.0 Å². The van der Waals surface area contributed by atoms with Crippen LogP contribution in [0.4, 0.5) is 18.9 Å². The minimum Gasteiger partial charge on any atom is -0.503 e. The molecule has 0 bridgehead atoms. The zero-order valence-electron chi connectivity index (χ0n) is 15.4. The molecule has 29 heavy (non-hydrogen) atoms. The third kappa shape index (κ3) is 4.29. The Hall–Kier alpha value is -2.81. The molecule has 9 heteroatoms. The van der Waals surface area contributed by atoms with Gasteiger partial charge in [-0.25, -0.2) is 0 Å². The predicted octanol–water partition coefficient (Wildman–Crippen LogP) is 5.38. The van der Waals surface area contributed by atoms with Crippen LogP contribution in [-0.4, -0.2) is 23.3 Å². The fourth-order valence-electron chi connectivity index (χ4n) is 2.78. The van der Waals surface area contributed by atoms with Crippen LogP contribution in [0.25, 0.3) is 6.08 Å². The molecule has 0 aromatic heterocycles. The molecule has 3 rings (SSSR count). The van der Waals surface area contributed by atoms with Gasteiger partial charge in [-0.1, -0.05) is 6.07 Å². The van der Waals surface area contributed by atoms with Crippen LogP contribution >= 0.6 is 15.9 Å². The fraction of sp³-hybridized carbons (Fsp3) is 0.200. The van der Waals surface area contributed by atoms with Crippen LogP contribution in [0.5, 0.6) is 11.5 Å². The first-order valence-electron chi connectivity index (χ1n) is 8.56. The number of rotatable bonds is 4. The van der Waals surface area contributed by atoms with E-state index >= 15 is 0 Å². The van der Waals surface area contributed by atoms with Gasteiger partial charge in [0.15, 0.2) is 11.5 Å². The number of alkyl halides is 3. The number of carbonyl (C=O) groups excluding carboxylic acids is 1. The van der Waals surface area contributed by atoms with Crippen molar-refractivity contribution in [1.82, 2.24) is 0 Å². The Balaban J connectivity index is 1.97. The lowest BCUT2D eigenvalue weighted by molar-refractivity contribution is -0.137. The molecule has 0 aliphatic carbocycles. The molecule has 0 atom stereocenters. The maximum Gasteiger partial charge on any atom is 0.416 e. The Morgan fingerprint density at radius 3 is 2.66 bits per heavy atom. The first-order chi connectivity index (χ1) is 13.6. The molecule has 0 unspecified atom stereocenters. The van der Waals surface area contributed by atoms with E-state index in [4.69, 9.17) is 4.74 Å². The third-order valence-electron chi connectivity index (χ3n) is 4.14. The summed E-state index contributed by atoms with van der Waals surface area (Å²) in [7, 11) is 0. The molecule has 0 saturated heterocycles. The molecule has 1 aliphatic heterocycles. The number of hydrogen-bond acceptors (Lipinski definition) is 4. The summed E-state index contributed by atoms with van der Waals surface area (Å²) in [6, 6.07) is 7.58. The van der Waals surface area contributed by atoms with E-state index in [0.29, 0.717) is 22.4 Å². The number of halogens is 4. The van der Waals surface area contributed by atoms with Gasteiger partial charge in [-0.3, -0.25) is 4.79 Å². The van der Waals surface area contributed by atoms with Crippen molar-refractivity contribution in [2.24, 2.45) is 5.10 Å². The van der Waals surface area contributed by atoms with E-state index in [1.807, 2.05) is 0 Å². The molecule has 2 aromatic rings. The van der Waals surface area contributed by atoms with Crippen LogP contribution in [0, 0.1) is 0 Å². The fourth-order valence-corrected chi connectivity index (χ4v) is 3.24. The van der Waals surface area contributed by atoms with E-state index in [0.717, 1.165) is 17.1 Å². The number of aromatic hydroxyl groups is 1. The molecule has 1 amide bonds. The number of phenols is 1. The highest BCUT2D eigenvalue weighted by molar-refractivity contribution is 9.10. The molecule has 1 N–H and O–H groups in total. The number of carbonyl (C=O) groups is 1. The Morgan fingerprint density at radius 2 is 2.00 bits per heavy atom. The van der Waals surface area contributed by atoms with Gasteiger partial charge in [-0.05, 0) is 71.7 Å². The van der Waals surface area contributed by atoms with Crippen molar-refractivity contribution in [1.29, 1.82) is 0 Å². The quantitative estimate of drug-likeness (QED) is 0.612. The van der Waals surface area contributed by atoms with Crippen molar-refractivity contribution in [3.8, 4) is 11.5 Å². The normalized spacial score (nSPS) is 15.8. The van der Waals surface area contributed by atoms with E-state index in [1.54, 1.807) is 32.1 Å². The number of nitrogens with zero attached hydrogens (tertiary/aromatic N) is 2. The van der Waals surface area contributed by atoms with Crippen LogP contribution in [-0.2, 0) is 11.0 Å². The van der Waals surface area contributed by atoms with Gasteiger partial charge in [0, 0.05) is 0 Å². The second-order valence-electron chi connectivity index (χ2n) is 6.19. The molecule has 0 radical (unpaired) electrons. The summed E-state index contributed by atoms with van der Waals surface area (Å²) < 4.78 is 44.7. The second kappa shape index (κ2) is 7.90. The SMILES string of the molecule is CCOc1cc(/C=C2/C(=O)N(c3cccc(C(F)(F)F)c3)N=C2C)cc(Br)c1O. The summed E-state index contributed by atoms with van der Waals surface area (Å²) in [5.74, 6) is -0.379. The topological polar surface area (TPSA) is 62.1 Å². The standard InChI is InChI=1S/C20H16BrF3N2O3/c1-3-29-17-9-12(8-16(21)18(17)27)7-15-11(2)25-26(19(15)28)14-6-4-5-13(10-14)20(22,23)24/h4-10,27H,3H2,1-2H3/b15-7+. The van der Waals surface area contributed by atoms with Gasteiger partial charge in [0.1, 0.15) is 0 Å².